The third-order valence-electron chi connectivity index (χ3n) is 4.01. The molecule has 0 bridgehead atoms. The quantitative estimate of drug-likeness (QED) is 0.928. The number of amides is 2. The summed E-state index contributed by atoms with van der Waals surface area (Å²) in [5.41, 5.74) is 2.89. The fourth-order valence-corrected chi connectivity index (χ4v) is 2.59. The summed E-state index contributed by atoms with van der Waals surface area (Å²) in [5, 5.41) is 2.88. The van der Waals surface area contributed by atoms with Crippen LogP contribution in [0.3, 0.4) is 0 Å². The van der Waals surface area contributed by atoms with Gasteiger partial charge in [0.2, 0.25) is 0 Å². The van der Waals surface area contributed by atoms with Gasteiger partial charge in [-0.15, -0.1) is 0 Å². The highest BCUT2D eigenvalue weighted by Crippen LogP contribution is 2.32. The van der Waals surface area contributed by atoms with Crippen molar-refractivity contribution >= 4 is 17.4 Å². The highest BCUT2D eigenvalue weighted by Gasteiger charge is 2.14. The van der Waals surface area contributed by atoms with Crippen LogP contribution in [-0.4, -0.2) is 45.3 Å². The molecule has 0 aliphatic carbocycles. The molecule has 6 heteroatoms. The van der Waals surface area contributed by atoms with Crippen molar-refractivity contribution in [1.82, 2.24) is 4.90 Å². The summed E-state index contributed by atoms with van der Waals surface area (Å²) in [7, 11) is 5.77. The number of nitrogens with one attached hydrogen (secondary N) is 1. The number of fused-ring (bicyclic) bond motifs is 1. The van der Waals surface area contributed by atoms with Gasteiger partial charge < -0.3 is 24.6 Å². The number of hydrogen-bond donors (Lipinski definition) is 1. The van der Waals surface area contributed by atoms with E-state index in [9.17, 15) is 4.79 Å². The van der Waals surface area contributed by atoms with Crippen molar-refractivity contribution < 1.29 is 14.3 Å². The van der Waals surface area contributed by atoms with Crippen molar-refractivity contribution in [3.63, 3.8) is 0 Å². The van der Waals surface area contributed by atoms with Gasteiger partial charge in [0.25, 0.3) is 0 Å². The number of ether oxygens (including phenoxy) is 2. The maximum absolute atomic E-state index is 12.4. The molecule has 6 nitrogen and oxygen atoms in total. The third kappa shape index (κ3) is 4.15. The molecule has 0 fully saturated rings. The zero-order valence-electron chi connectivity index (χ0n) is 14.8. The molecule has 0 radical (unpaired) electrons. The van der Waals surface area contributed by atoms with E-state index in [1.165, 1.54) is 0 Å². The molecular formula is C19H23N3O3. The number of anilines is 2. The predicted octanol–water partition coefficient (Wildman–Crippen LogP) is 3.19. The minimum absolute atomic E-state index is 0.173. The average molecular weight is 341 g/mol. The fourth-order valence-electron chi connectivity index (χ4n) is 2.59. The SMILES string of the molecule is CN(Cc1ccc(N(C)C)cc1)C(=O)Nc1ccc2c(c1)OCCO2. The maximum Gasteiger partial charge on any atom is 0.321 e. The van der Waals surface area contributed by atoms with Gasteiger partial charge in [-0.05, 0) is 29.8 Å². The lowest BCUT2D eigenvalue weighted by Crippen LogP contribution is -2.30. The Morgan fingerprint density at radius 3 is 2.36 bits per heavy atom. The molecule has 1 N–H and O–H groups in total. The molecule has 3 rings (SSSR count). The summed E-state index contributed by atoms with van der Waals surface area (Å²) in [5.74, 6) is 1.37. The van der Waals surface area contributed by atoms with Crippen LogP contribution < -0.4 is 19.7 Å². The Balaban J connectivity index is 1.60. The van der Waals surface area contributed by atoms with E-state index >= 15 is 0 Å². The molecule has 0 aromatic heterocycles. The Morgan fingerprint density at radius 1 is 1.00 bits per heavy atom. The van der Waals surface area contributed by atoms with E-state index in [4.69, 9.17) is 9.47 Å². The summed E-state index contributed by atoms with van der Waals surface area (Å²) in [6.45, 7) is 1.60. The van der Waals surface area contributed by atoms with Crippen LogP contribution in [0.5, 0.6) is 11.5 Å². The molecule has 0 saturated carbocycles. The van der Waals surface area contributed by atoms with E-state index in [2.05, 4.69) is 5.32 Å². The molecular weight excluding hydrogens is 318 g/mol. The van der Waals surface area contributed by atoms with Crippen LogP contribution in [0.25, 0.3) is 0 Å². The number of nitrogens with zero attached hydrogens (tertiary/aromatic N) is 2. The highest BCUT2D eigenvalue weighted by molar-refractivity contribution is 5.89. The van der Waals surface area contributed by atoms with E-state index in [1.54, 1.807) is 18.0 Å². The Kier molecular flexibility index (Phi) is 4.97. The Hall–Kier alpha value is -2.89. The Bertz CT molecular complexity index is 744. The average Bonchev–Trinajstić information content (AvgIpc) is 2.62. The highest BCUT2D eigenvalue weighted by atomic mass is 16.6. The van der Waals surface area contributed by atoms with E-state index < -0.39 is 0 Å². The topological polar surface area (TPSA) is 54.0 Å². The van der Waals surface area contributed by atoms with Gasteiger partial charge in [0.15, 0.2) is 11.5 Å². The summed E-state index contributed by atoms with van der Waals surface area (Å²) < 4.78 is 11.0. The van der Waals surface area contributed by atoms with Gasteiger partial charge in [0, 0.05) is 45.1 Å². The first-order valence-corrected chi connectivity index (χ1v) is 8.21. The minimum atomic E-state index is -0.173. The number of urea groups is 1. The molecule has 0 atom stereocenters. The van der Waals surface area contributed by atoms with Gasteiger partial charge >= 0.3 is 6.03 Å². The molecule has 0 spiro atoms. The van der Waals surface area contributed by atoms with Gasteiger partial charge in [-0.1, -0.05) is 12.1 Å². The molecule has 2 amide bonds. The fraction of sp³-hybridized carbons (Fsp3) is 0.316. The van der Waals surface area contributed by atoms with Gasteiger partial charge in [-0.25, -0.2) is 4.79 Å². The molecule has 1 aliphatic rings. The standard InChI is InChI=1S/C19H23N3O3/c1-21(2)16-7-4-14(5-8-16)13-22(3)19(23)20-15-6-9-17-18(12-15)25-11-10-24-17/h4-9,12H,10-11,13H2,1-3H3,(H,20,23). The second-order valence-electron chi connectivity index (χ2n) is 6.21. The molecule has 1 heterocycles. The first-order valence-electron chi connectivity index (χ1n) is 8.21. The van der Waals surface area contributed by atoms with Gasteiger partial charge in [-0.3, -0.25) is 0 Å². The minimum Gasteiger partial charge on any atom is -0.486 e. The number of rotatable bonds is 4. The molecule has 1 aliphatic heterocycles. The van der Waals surface area contributed by atoms with Gasteiger partial charge in [-0.2, -0.15) is 0 Å². The first kappa shape index (κ1) is 17.0. The normalized spacial score (nSPS) is 12.4. The molecule has 2 aromatic carbocycles. The molecule has 2 aromatic rings. The van der Waals surface area contributed by atoms with Crippen LogP contribution in [-0.2, 0) is 6.54 Å². The second-order valence-corrected chi connectivity index (χ2v) is 6.21. The number of benzene rings is 2. The zero-order valence-corrected chi connectivity index (χ0v) is 14.8. The van der Waals surface area contributed by atoms with E-state index in [0.29, 0.717) is 36.9 Å². The van der Waals surface area contributed by atoms with E-state index in [1.807, 2.05) is 55.4 Å². The van der Waals surface area contributed by atoms with Crippen molar-refractivity contribution in [2.45, 2.75) is 6.54 Å². The Morgan fingerprint density at radius 2 is 1.68 bits per heavy atom. The molecule has 132 valence electrons. The monoisotopic (exact) mass is 341 g/mol. The van der Waals surface area contributed by atoms with Crippen LogP contribution >= 0.6 is 0 Å². The van der Waals surface area contributed by atoms with E-state index in [-0.39, 0.29) is 6.03 Å². The van der Waals surface area contributed by atoms with Crippen molar-refractivity contribution in [1.29, 1.82) is 0 Å². The number of hydrogen-bond acceptors (Lipinski definition) is 4. The van der Waals surface area contributed by atoms with Crippen LogP contribution in [0, 0.1) is 0 Å². The largest absolute Gasteiger partial charge is 0.486 e. The molecule has 25 heavy (non-hydrogen) atoms. The van der Waals surface area contributed by atoms with E-state index in [0.717, 1.165) is 11.3 Å². The van der Waals surface area contributed by atoms with Crippen molar-refractivity contribution in [2.75, 3.05) is 44.6 Å². The Labute approximate surface area is 147 Å². The summed E-state index contributed by atoms with van der Waals surface area (Å²) in [4.78, 5) is 16.1. The predicted molar refractivity (Wildman–Crippen MR) is 98.7 cm³/mol. The molecule has 0 unspecified atom stereocenters. The second kappa shape index (κ2) is 7.34. The third-order valence-corrected chi connectivity index (χ3v) is 4.01. The zero-order chi connectivity index (χ0) is 17.8. The van der Waals surface area contributed by atoms with Gasteiger partial charge in [0.1, 0.15) is 13.2 Å². The smallest absolute Gasteiger partial charge is 0.321 e. The summed E-state index contributed by atoms with van der Waals surface area (Å²) in [6, 6.07) is 13.4. The van der Waals surface area contributed by atoms with Crippen LogP contribution in [0.15, 0.2) is 42.5 Å². The van der Waals surface area contributed by atoms with Gasteiger partial charge in [0.05, 0.1) is 0 Å². The first-order chi connectivity index (χ1) is 12.0. The van der Waals surface area contributed by atoms with Crippen LogP contribution in [0.4, 0.5) is 16.2 Å². The van der Waals surface area contributed by atoms with Crippen molar-refractivity contribution in [2.24, 2.45) is 0 Å². The lowest BCUT2D eigenvalue weighted by Gasteiger charge is -2.21. The number of carbonyl (C=O) groups excluding carboxylic acids is 1. The summed E-state index contributed by atoms with van der Waals surface area (Å²) in [6.07, 6.45) is 0. The summed E-state index contributed by atoms with van der Waals surface area (Å²) >= 11 is 0. The van der Waals surface area contributed by atoms with Crippen LogP contribution in [0.1, 0.15) is 5.56 Å². The number of carbonyl (C=O) groups is 1. The van der Waals surface area contributed by atoms with Crippen LogP contribution in [0.2, 0.25) is 0 Å². The maximum atomic E-state index is 12.4. The lowest BCUT2D eigenvalue weighted by molar-refractivity contribution is 0.171. The lowest BCUT2D eigenvalue weighted by atomic mass is 10.2. The van der Waals surface area contributed by atoms with Crippen molar-refractivity contribution in [3.8, 4) is 11.5 Å². The van der Waals surface area contributed by atoms with Crippen molar-refractivity contribution in [3.05, 3.63) is 48.0 Å². The molecule has 0 saturated heterocycles.